The summed E-state index contributed by atoms with van der Waals surface area (Å²) in [5.41, 5.74) is 0.628. The van der Waals surface area contributed by atoms with Crippen molar-refractivity contribution in [3.63, 3.8) is 0 Å². The summed E-state index contributed by atoms with van der Waals surface area (Å²) in [5.74, 6) is 1.36. The largest absolute Gasteiger partial charge is 0.508 e. The summed E-state index contributed by atoms with van der Waals surface area (Å²) in [6.45, 7) is 5.09. The zero-order valence-electron chi connectivity index (χ0n) is 15.2. The highest BCUT2D eigenvalue weighted by Gasteiger charge is 2.20. The number of anilines is 1. The van der Waals surface area contributed by atoms with Crippen molar-refractivity contribution < 1.29 is 14.6 Å². The fourth-order valence-corrected chi connectivity index (χ4v) is 2.15. The molecule has 2 rings (SSSR count). The Bertz CT molecular complexity index is 562. The normalized spacial score (nSPS) is 13.7. The minimum atomic E-state index is -0.212. The minimum absolute atomic E-state index is 0. The first kappa shape index (κ1) is 22.5. The van der Waals surface area contributed by atoms with Crippen LogP contribution in [0, 0.1) is 5.92 Å². The third-order valence-electron chi connectivity index (χ3n) is 3.68. The van der Waals surface area contributed by atoms with Crippen molar-refractivity contribution in [2.24, 2.45) is 10.9 Å². The van der Waals surface area contributed by atoms with E-state index in [4.69, 9.17) is 4.74 Å². The molecule has 0 radical (unpaired) electrons. The van der Waals surface area contributed by atoms with E-state index in [1.807, 2.05) is 6.92 Å². The first-order valence-corrected chi connectivity index (χ1v) is 8.86. The highest BCUT2D eigenvalue weighted by atomic mass is 127. The average molecular weight is 476 g/mol. The van der Waals surface area contributed by atoms with Gasteiger partial charge < -0.3 is 25.8 Å². The lowest BCUT2D eigenvalue weighted by molar-refractivity contribution is -0.114. The maximum Gasteiger partial charge on any atom is 0.246 e. The standard InChI is InChI=1S/C18H28N4O3.HI/c1-2-19-18(20-10-3-11-25-13-14-4-5-14)21-12-17(24)22-15-6-8-16(23)9-7-15;/h6-9,14,23H,2-5,10-13H2,1H3,(H,22,24)(H2,19,20,21);1H. The van der Waals surface area contributed by atoms with Crippen LogP contribution in [-0.2, 0) is 9.53 Å². The molecule has 0 atom stereocenters. The van der Waals surface area contributed by atoms with Crippen molar-refractivity contribution in [1.82, 2.24) is 10.6 Å². The van der Waals surface area contributed by atoms with Gasteiger partial charge in [-0.25, -0.2) is 4.99 Å². The molecule has 26 heavy (non-hydrogen) atoms. The van der Waals surface area contributed by atoms with Gasteiger partial charge >= 0.3 is 0 Å². The van der Waals surface area contributed by atoms with Crippen LogP contribution in [-0.4, -0.2) is 49.8 Å². The fourth-order valence-electron chi connectivity index (χ4n) is 2.15. The van der Waals surface area contributed by atoms with Crippen LogP contribution in [0.4, 0.5) is 5.69 Å². The number of amides is 1. The first-order valence-electron chi connectivity index (χ1n) is 8.86. The van der Waals surface area contributed by atoms with Crippen LogP contribution in [0.3, 0.4) is 0 Å². The topological polar surface area (TPSA) is 95.0 Å². The number of nitrogens with one attached hydrogen (secondary N) is 3. The van der Waals surface area contributed by atoms with E-state index >= 15 is 0 Å². The number of aromatic hydroxyl groups is 1. The third-order valence-corrected chi connectivity index (χ3v) is 3.68. The van der Waals surface area contributed by atoms with Crippen molar-refractivity contribution in [1.29, 1.82) is 0 Å². The molecular formula is C18H29IN4O3. The molecule has 7 nitrogen and oxygen atoms in total. The Hall–Kier alpha value is -1.55. The van der Waals surface area contributed by atoms with Crippen LogP contribution in [0.15, 0.2) is 29.3 Å². The molecule has 8 heteroatoms. The molecule has 1 saturated carbocycles. The van der Waals surface area contributed by atoms with Gasteiger partial charge in [0.05, 0.1) is 0 Å². The van der Waals surface area contributed by atoms with Crippen LogP contribution in [0.5, 0.6) is 5.75 Å². The van der Waals surface area contributed by atoms with Gasteiger partial charge in [-0.1, -0.05) is 0 Å². The van der Waals surface area contributed by atoms with Gasteiger partial charge in [0.1, 0.15) is 12.3 Å². The Balaban J connectivity index is 0.00000338. The number of carbonyl (C=O) groups excluding carboxylic acids is 1. The van der Waals surface area contributed by atoms with Gasteiger partial charge in [-0.3, -0.25) is 4.79 Å². The van der Waals surface area contributed by atoms with Gasteiger partial charge in [-0.05, 0) is 56.4 Å². The Morgan fingerprint density at radius 3 is 2.65 bits per heavy atom. The fraction of sp³-hybridized carbons (Fsp3) is 0.556. The van der Waals surface area contributed by atoms with Gasteiger partial charge in [0, 0.05) is 32.0 Å². The number of phenols is 1. The number of halogens is 1. The first-order chi connectivity index (χ1) is 12.2. The molecule has 4 N–H and O–H groups in total. The summed E-state index contributed by atoms with van der Waals surface area (Å²) >= 11 is 0. The maximum atomic E-state index is 11.9. The molecule has 146 valence electrons. The van der Waals surface area contributed by atoms with E-state index in [1.165, 1.54) is 25.0 Å². The lowest BCUT2D eigenvalue weighted by Gasteiger charge is -2.11. The lowest BCUT2D eigenvalue weighted by atomic mass is 10.3. The second-order valence-electron chi connectivity index (χ2n) is 6.09. The van der Waals surface area contributed by atoms with E-state index < -0.39 is 0 Å². The molecule has 1 amide bonds. The van der Waals surface area contributed by atoms with E-state index in [1.54, 1.807) is 12.1 Å². The van der Waals surface area contributed by atoms with Crippen molar-refractivity contribution >= 4 is 41.5 Å². The van der Waals surface area contributed by atoms with Crippen molar-refractivity contribution in [3.8, 4) is 5.75 Å². The van der Waals surface area contributed by atoms with Crippen LogP contribution < -0.4 is 16.0 Å². The summed E-state index contributed by atoms with van der Waals surface area (Å²) in [4.78, 5) is 16.2. The number of phenolic OH excluding ortho intramolecular Hbond substituents is 1. The molecule has 0 aromatic heterocycles. The summed E-state index contributed by atoms with van der Waals surface area (Å²) < 4.78 is 5.59. The summed E-state index contributed by atoms with van der Waals surface area (Å²) in [6.07, 6.45) is 3.51. The van der Waals surface area contributed by atoms with Gasteiger partial charge in [-0.15, -0.1) is 24.0 Å². The Labute approximate surface area is 172 Å². The number of carbonyl (C=O) groups is 1. The molecule has 0 aliphatic heterocycles. The maximum absolute atomic E-state index is 11.9. The second kappa shape index (κ2) is 12.7. The summed E-state index contributed by atoms with van der Waals surface area (Å²) in [5, 5.41) is 18.3. The number of guanidine groups is 1. The van der Waals surface area contributed by atoms with Gasteiger partial charge in [0.15, 0.2) is 5.96 Å². The Kier molecular flexibility index (Phi) is 11.0. The van der Waals surface area contributed by atoms with Crippen molar-refractivity contribution in [3.05, 3.63) is 24.3 Å². The SMILES string of the molecule is CCNC(=NCC(=O)Nc1ccc(O)cc1)NCCCOCC1CC1.I. The van der Waals surface area contributed by atoms with E-state index in [-0.39, 0.29) is 42.2 Å². The molecule has 1 aromatic carbocycles. The number of hydrogen-bond acceptors (Lipinski definition) is 4. The zero-order chi connectivity index (χ0) is 17.9. The van der Waals surface area contributed by atoms with E-state index in [0.29, 0.717) is 11.6 Å². The van der Waals surface area contributed by atoms with Crippen LogP contribution in [0.2, 0.25) is 0 Å². The quantitative estimate of drug-likeness (QED) is 0.137. The highest BCUT2D eigenvalue weighted by Crippen LogP contribution is 2.28. The average Bonchev–Trinajstić information content (AvgIpc) is 3.42. The number of benzene rings is 1. The number of aliphatic imine (C=N–C) groups is 1. The van der Waals surface area contributed by atoms with Crippen molar-refractivity contribution in [2.45, 2.75) is 26.2 Å². The van der Waals surface area contributed by atoms with Gasteiger partial charge in [0.2, 0.25) is 5.91 Å². The monoisotopic (exact) mass is 476 g/mol. The second-order valence-corrected chi connectivity index (χ2v) is 6.09. The number of ether oxygens (including phenoxy) is 1. The molecule has 0 bridgehead atoms. The predicted molar refractivity (Wildman–Crippen MR) is 114 cm³/mol. The predicted octanol–water partition coefficient (Wildman–Crippen LogP) is 2.32. The number of nitrogens with zero attached hydrogens (tertiary/aromatic N) is 1. The summed E-state index contributed by atoms with van der Waals surface area (Å²) in [7, 11) is 0. The molecule has 0 spiro atoms. The van der Waals surface area contributed by atoms with Crippen LogP contribution >= 0.6 is 24.0 Å². The Morgan fingerprint density at radius 1 is 1.27 bits per heavy atom. The minimum Gasteiger partial charge on any atom is -0.508 e. The molecule has 1 aliphatic carbocycles. The molecule has 0 unspecified atom stereocenters. The van der Waals surface area contributed by atoms with Gasteiger partial charge in [0.25, 0.3) is 0 Å². The summed E-state index contributed by atoms with van der Waals surface area (Å²) in [6, 6.07) is 6.33. The molecule has 1 aliphatic rings. The van der Waals surface area contributed by atoms with Crippen molar-refractivity contribution in [2.75, 3.05) is 38.2 Å². The lowest BCUT2D eigenvalue weighted by Crippen LogP contribution is -2.38. The molecule has 0 heterocycles. The third kappa shape index (κ3) is 9.81. The van der Waals surface area contributed by atoms with Gasteiger partial charge in [-0.2, -0.15) is 0 Å². The zero-order valence-corrected chi connectivity index (χ0v) is 17.5. The molecule has 0 saturated heterocycles. The molecule has 1 fully saturated rings. The number of hydrogen-bond donors (Lipinski definition) is 4. The van der Waals surface area contributed by atoms with E-state index in [0.717, 1.165) is 38.6 Å². The highest BCUT2D eigenvalue weighted by molar-refractivity contribution is 14.0. The van der Waals surface area contributed by atoms with E-state index in [9.17, 15) is 9.90 Å². The molecule has 1 aromatic rings. The molecular weight excluding hydrogens is 447 g/mol. The van der Waals surface area contributed by atoms with E-state index in [2.05, 4.69) is 20.9 Å². The smallest absolute Gasteiger partial charge is 0.246 e. The number of rotatable bonds is 10. The van der Waals surface area contributed by atoms with Crippen LogP contribution in [0.25, 0.3) is 0 Å². The Morgan fingerprint density at radius 2 is 2.00 bits per heavy atom. The van der Waals surface area contributed by atoms with Crippen LogP contribution in [0.1, 0.15) is 26.2 Å².